The Bertz CT molecular complexity index is 641. The first-order chi connectivity index (χ1) is 12.1. The third kappa shape index (κ3) is 4.84. The van der Waals surface area contributed by atoms with Crippen LogP contribution in [0.3, 0.4) is 0 Å². The van der Waals surface area contributed by atoms with Gasteiger partial charge in [-0.05, 0) is 41.6 Å². The summed E-state index contributed by atoms with van der Waals surface area (Å²) >= 11 is 1.56. The van der Waals surface area contributed by atoms with E-state index in [1.54, 1.807) is 74.5 Å². The van der Waals surface area contributed by atoms with E-state index < -0.39 is 11.6 Å². The second-order valence-corrected chi connectivity index (χ2v) is 6.28. The van der Waals surface area contributed by atoms with E-state index in [0.717, 1.165) is 0 Å². The predicted octanol–water partition coefficient (Wildman–Crippen LogP) is 3.27. The van der Waals surface area contributed by atoms with Gasteiger partial charge in [0.2, 0.25) is 5.60 Å². The first-order valence-corrected chi connectivity index (χ1v) is 9.13. The Hall–Kier alpha value is -1.89. The van der Waals surface area contributed by atoms with Crippen molar-refractivity contribution in [3.63, 3.8) is 0 Å². The standard InChI is InChI=1S/C19H22O5S.ClH/c1-22-16-8-4-14(5-9-16)19(21,18(20)24-12-13-25-3)15-6-10-17(23-2)11-7-15;/h4-11,21H,12-13H2,1-3H3;1H. The summed E-state index contributed by atoms with van der Waals surface area (Å²) in [5.74, 6) is 1.22. The Morgan fingerprint density at radius 3 is 1.73 bits per heavy atom. The van der Waals surface area contributed by atoms with E-state index in [1.807, 2.05) is 6.26 Å². The summed E-state index contributed by atoms with van der Waals surface area (Å²) in [6, 6.07) is 13.4. The van der Waals surface area contributed by atoms with Crippen molar-refractivity contribution >= 4 is 30.1 Å². The first kappa shape index (κ1) is 22.2. The van der Waals surface area contributed by atoms with Crippen LogP contribution in [0.2, 0.25) is 0 Å². The number of thioether (sulfide) groups is 1. The van der Waals surface area contributed by atoms with Crippen LogP contribution in [0.25, 0.3) is 0 Å². The molecule has 2 rings (SSSR count). The van der Waals surface area contributed by atoms with Crippen molar-refractivity contribution in [2.45, 2.75) is 5.60 Å². The Morgan fingerprint density at radius 1 is 0.962 bits per heavy atom. The molecule has 0 heterocycles. The molecule has 1 N–H and O–H groups in total. The monoisotopic (exact) mass is 398 g/mol. The zero-order valence-electron chi connectivity index (χ0n) is 14.9. The molecule has 5 nitrogen and oxygen atoms in total. The molecule has 2 aromatic rings. The second-order valence-electron chi connectivity index (χ2n) is 5.30. The van der Waals surface area contributed by atoms with Crippen LogP contribution in [0.1, 0.15) is 11.1 Å². The van der Waals surface area contributed by atoms with Gasteiger partial charge in [-0.3, -0.25) is 0 Å². The maximum Gasteiger partial charge on any atom is 0.347 e. The number of halogens is 1. The summed E-state index contributed by atoms with van der Waals surface area (Å²) in [6.07, 6.45) is 1.92. The number of ether oxygens (including phenoxy) is 3. The van der Waals surface area contributed by atoms with Crippen LogP contribution in [0.5, 0.6) is 11.5 Å². The van der Waals surface area contributed by atoms with Crippen LogP contribution in [-0.2, 0) is 15.1 Å². The van der Waals surface area contributed by atoms with Gasteiger partial charge in [-0.15, -0.1) is 12.4 Å². The van der Waals surface area contributed by atoms with E-state index in [2.05, 4.69) is 0 Å². The smallest absolute Gasteiger partial charge is 0.347 e. The maximum absolute atomic E-state index is 12.7. The molecule has 0 aliphatic carbocycles. The molecule has 7 heteroatoms. The van der Waals surface area contributed by atoms with Gasteiger partial charge in [-0.25, -0.2) is 4.79 Å². The second kappa shape index (κ2) is 10.3. The maximum atomic E-state index is 12.7. The molecular weight excluding hydrogens is 376 g/mol. The van der Waals surface area contributed by atoms with Gasteiger partial charge in [-0.1, -0.05) is 24.3 Å². The molecular formula is C19H23ClO5S. The normalized spacial score (nSPS) is 10.6. The number of hydrogen-bond donors (Lipinski definition) is 1. The predicted molar refractivity (Wildman–Crippen MR) is 106 cm³/mol. The SMILES string of the molecule is COc1ccc(C(O)(C(=O)OCCSC)c2ccc(OC)cc2)cc1.Cl. The van der Waals surface area contributed by atoms with Crippen molar-refractivity contribution in [1.29, 1.82) is 0 Å². The molecule has 142 valence electrons. The molecule has 0 spiro atoms. The topological polar surface area (TPSA) is 65.0 Å². The average molecular weight is 399 g/mol. The first-order valence-electron chi connectivity index (χ1n) is 7.73. The minimum absolute atomic E-state index is 0. The molecule has 0 saturated carbocycles. The summed E-state index contributed by atoms with van der Waals surface area (Å²) in [4.78, 5) is 12.7. The number of esters is 1. The number of rotatable bonds is 8. The summed E-state index contributed by atoms with van der Waals surface area (Å²) in [7, 11) is 3.11. The summed E-state index contributed by atoms with van der Waals surface area (Å²) in [6.45, 7) is 0.231. The Morgan fingerprint density at radius 2 is 1.38 bits per heavy atom. The number of carbonyl (C=O) groups is 1. The van der Waals surface area contributed by atoms with Crippen molar-refractivity contribution in [3.05, 3.63) is 59.7 Å². The minimum Gasteiger partial charge on any atom is -0.497 e. The fraction of sp³-hybridized carbons (Fsp3) is 0.316. The van der Waals surface area contributed by atoms with E-state index in [4.69, 9.17) is 14.2 Å². The van der Waals surface area contributed by atoms with Gasteiger partial charge in [0.1, 0.15) is 18.1 Å². The molecule has 0 aliphatic heterocycles. The van der Waals surface area contributed by atoms with Crippen LogP contribution in [0, 0.1) is 0 Å². The molecule has 2 aromatic carbocycles. The van der Waals surface area contributed by atoms with E-state index in [0.29, 0.717) is 28.4 Å². The van der Waals surface area contributed by atoms with Gasteiger partial charge < -0.3 is 19.3 Å². The molecule has 0 fully saturated rings. The zero-order chi connectivity index (χ0) is 18.3. The van der Waals surface area contributed by atoms with E-state index >= 15 is 0 Å². The highest BCUT2D eigenvalue weighted by molar-refractivity contribution is 7.98. The lowest BCUT2D eigenvalue weighted by atomic mass is 9.86. The highest BCUT2D eigenvalue weighted by Crippen LogP contribution is 2.33. The van der Waals surface area contributed by atoms with Crippen LogP contribution >= 0.6 is 24.2 Å². The number of methoxy groups -OCH3 is 2. The molecule has 0 aliphatic rings. The number of aliphatic hydroxyl groups is 1. The minimum atomic E-state index is -1.91. The van der Waals surface area contributed by atoms with Gasteiger partial charge in [0.15, 0.2) is 0 Å². The Labute approximate surface area is 164 Å². The fourth-order valence-electron chi connectivity index (χ4n) is 2.39. The quantitative estimate of drug-likeness (QED) is 0.544. The summed E-state index contributed by atoms with van der Waals surface area (Å²) < 4.78 is 15.6. The molecule has 0 aromatic heterocycles. The van der Waals surface area contributed by atoms with E-state index in [9.17, 15) is 9.90 Å². The van der Waals surface area contributed by atoms with Gasteiger partial charge in [0.25, 0.3) is 0 Å². The number of benzene rings is 2. The fourth-order valence-corrected chi connectivity index (χ4v) is 2.64. The molecule has 0 unspecified atom stereocenters. The molecule has 0 radical (unpaired) electrons. The lowest BCUT2D eigenvalue weighted by Gasteiger charge is -2.27. The third-order valence-corrected chi connectivity index (χ3v) is 4.41. The highest BCUT2D eigenvalue weighted by Gasteiger charge is 2.41. The zero-order valence-corrected chi connectivity index (χ0v) is 16.6. The molecule has 26 heavy (non-hydrogen) atoms. The molecule has 0 bridgehead atoms. The van der Waals surface area contributed by atoms with Gasteiger partial charge in [0.05, 0.1) is 14.2 Å². The van der Waals surface area contributed by atoms with E-state index in [1.165, 1.54) is 0 Å². The van der Waals surface area contributed by atoms with Crippen molar-refractivity contribution < 1.29 is 24.1 Å². The summed E-state index contributed by atoms with van der Waals surface area (Å²) in [5, 5.41) is 11.3. The van der Waals surface area contributed by atoms with Crippen molar-refractivity contribution in [2.75, 3.05) is 32.8 Å². The average Bonchev–Trinajstić information content (AvgIpc) is 2.67. The molecule has 0 saturated heterocycles. The third-order valence-electron chi connectivity index (χ3n) is 3.83. The Kier molecular flexibility index (Phi) is 8.78. The van der Waals surface area contributed by atoms with Gasteiger partial charge in [0, 0.05) is 5.75 Å². The van der Waals surface area contributed by atoms with Crippen LogP contribution in [-0.4, -0.2) is 43.9 Å². The number of carbonyl (C=O) groups excluding carboxylic acids is 1. The van der Waals surface area contributed by atoms with E-state index in [-0.39, 0.29) is 19.0 Å². The number of hydrogen-bond acceptors (Lipinski definition) is 6. The lowest BCUT2D eigenvalue weighted by molar-refractivity contribution is -0.161. The van der Waals surface area contributed by atoms with Crippen LogP contribution in [0.15, 0.2) is 48.5 Å². The van der Waals surface area contributed by atoms with Crippen molar-refractivity contribution in [1.82, 2.24) is 0 Å². The van der Waals surface area contributed by atoms with Crippen molar-refractivity contribution in [2.24, 2.45) is 0 Å². The van der Waals surface area contributed by atoms with Gasteiger partial charge in [-0.2, -0.15) is 11.8 Å². The Balaban J connectivity index is 0.00000338. The van der Waals surface area contributed by atoms with Crippen LogP contribution < -0.4 is 9.47 Å². The van der Waals surface area contributed by atoms with Crippen molar-refractivity contribution in [3.8, 4) is 11.5 Å². The largest absolute Gasteiger partial charge is 0.497 e. The highest BCUT2D eigenvalue weighted by atomic mass is 35.5. The lowest BCUT2D eigenvalue weighted by Crippen LogP contribution is -2.39. The molecule has 0 atom stereocenters. The van der Waals surface area contributed by atoms with Crippen LogP contribution in [0.4, 0.5) is 0 Å². The summed E-state index contributed by atoms with van der Waals surface area (Å²) in [5.41, 5.74) is -1.09. The molecule has 0 amide bonds. The van der Waals surface area contributed by atoms with Gasteiger partial charge >= 0.3 is 5.97 Å².